The Morgan fingerprint density at radius 3 is 2.56 bits per heavy atom. The van der Waals surface area contributed by atoms with Crippen molar-refractivity contribution >= 4 is 11.6 Å². The van der Waals surface area contributed by atoms with E-state index in [-0.39, 0.29) is 11.3 Å². The normalized spacial score (nSPS) is 11.6. The highest BCUT2D eigenvalue weighted by Crippen LogP contribution is 2.33. The highest BCUT2D eigenvalue weighted by atomic mass is 35.5. The number of aromatic hydroxyl groups is 1. The van der Waals surface area contributed by atoms with Crippen LogP contribution in [0.2, 0.25) is 5.02 Å². The molecule has 0 bridgehead atoms. The highest BCUT2D eigenvalue weighted by molar-refractivity contribution is 6.30. The van der Waals surface area contributed by atoms with Gasteiger partial charge in [0.05, 0.1) is 13.7 Å². The second kappa shape index (κ2) is 6.27. The molecule has 0 saturated heterocycles. The monoisotopic (exact) mass is 273 g/mol. The zero-order valence-corrected chi connectivity index (χ0v) is 12.0. The summed E-state index contributed by atoms with van der Waals surface area (Å²) < 4.78 is 10.2. The number of phenols is 1. The van der Waals surface area contributed by atoms with Gasteiger partial charge in [0, 0.05) is 35.8 Å². The van der Waals surface area contributed by atoms with E-state index < -0.39 is 0 Å². The molecule has 0 spiro atoms. The first-order valence-electron chi connectivity index (χ1n) is 5.69. The maximum absolute atomic E-state index is 9.99. The lowest BCUT2D eigenvalue weighted by atomic mass is 10.1. The Kier molecular flexibility index (Phi) is 5.26. The molecule has 0 heterocycles. The van der Waals surface area contributed by atoms with E-state index in [0.29, 0.717) is 29.5 Å². The second-order valence-electron chi connectivity index (χ2n) is 4.79. The van der Waals surface area contributed by atoms with E-state index in [1.807, 2.05) is 13.8 Å². The van der Waals surface area contributed by atoms with Crippen LogP contribution in [-0.4, -0.2) is 31.5 Å². The molecule has 4 nitrogen and oxygen atoms in total. The lowest BCUT2D eigenvalue weighted by molar-refractivity contribution is 0.127. The van der Waals surface area contributed by atoms with Crippen LogP contribution in [0.15, 0.2) is 12.1 Å². The van der Waals surface area contributed by atoms with Gasteiger partial charge in [-0.3, -0.25) is 0 Å². The van der Waals surface area contributed by atoms with Crippen LogP contribution >= 0.6 is 11.6 Å². The molecule has 0 aliphatic rings. The average molecular weight is 274 g/mol. The molecule has 0 aromatic heterocycles. The smallest absolute Gasteiger partial charge is 0.162 e. The van der Waals surface area contributed by atoms with Gasteiger partial charge in [-0.25, -0.2) is 0 Å². The Hall–Kier alpha value is -0.970. The molecule has 0 atom stereocenters. The number of ether oxygens (including phenoxy) is 2. The van der Waals surface area contributed by atoms with E-state index in [4.69, 9.17) is 21.1 Å². The molecule has 1 rings (SSSR count). The molecule has 0 saturated carbocycles. The van der Waals surface area contributed by atoms with Crippen LogP contribution < -0.4 is 10.1 Å². The first-order chi connectivity index (χ1) is 8.39. The second-order valence-corrected chi connectivity index (χ2v) is 5.22. The third kappa shape index (κ3) is 4.05. The maximum atomic E-state index is 9.99. The Morgan fingerprint density at radius 2 is 2.00 bits per heavy atom. The van der Waals surface area contributed by atoms with Crippen molar-refractivity contribution in [1.29, 1.82) is 0 Å². The summed E-state index contributed by atoms with van der Waals surface area (Å²) >= 11 is 5.97. The van der Waals surface area contributed by atoms with Gasteiger partial charge in [-0.2, -0.15) is 0 Å². The van der Waals surface area contributed by atoms with E-state index in [9.17, 15) is 5.11 Å². The van der Waals surface area contributed by atoms with Crippen LogP contribution in [0.5, 0.6) is 11.5 Å². The molecule has 2 N–H and O–H groups in total. The highest BCUT2D eigenvalue weighted by Gasteiger charge is 2.18. The fourth-order valence-corrected chi connectivity index (χ4v) is 1.90. The molecule has 0 radical (unpaired) electrons. The molecule has 0 aliphatic carbocycles. The fourth-order valence-electron chi connectivity index (χ4n) is 1.67. The van der Waals surface area contributed by atoms with Crippen molar-refractivity contribution < 1.29 is 14.6 Å². The van der Waals surface area contributed by atoms with Gasteiger partial charge in [0.25, 0.3) is 0 Å². The number of benzene rings is 1. The van der Waals surface area contributed by atoms with Crippen molar-refractivity contribution in [3.63, 3.8) is 0 Å². The van der Waals surface area contributed by atoms with Crippen LogP contribution in [0.25, 0.3) is 0 Å². The Morgan fingerprint density at radius 1 is 1.33 bits per heavy atom. The lowest BCUT2D eigenvalue weighted by Gasteiger charge is -2.25. The van der Waals surface area contributed by atoms with Crippen molar-refractivity contribution in [1.82, 2.24) is 5.32 Å². The SMILES string of the molecule is COCC(C)(C)NCc1cc(Cl)cc(OC)c1O. The summed E-state index contributed by atoms with van der Waals surface area (Å²) in [5.41, 5.74) is 0.514. The Balaban J connectivity index is 2.82. The van der Waals surface area contributed by atoms with E-state index in [0.717, 1.165) is 0 Å². The standard InChI is InChI=1S/C13H20ClNO3/c1-13(2,8-17-3)15-7-9-5-10(14)6-11(18-4)12(9)16/h5-6,15-16H,7-8H2,1-4H3. The third-order valence-corrected chi connectivity index (χ3v) is 2.82. The first-order valence-corrected chi connectivity index (χ1v) is 6.07. The number of phenolic OH excluding ortho intramolecular Hbond substituents is 1. The summed E-state index contributed by atoms with van der Waals surface area (Å²) in [4.78, 5) is 0. The summed E-state index contributed by atoms with van der Waals surface area (Å²) in [6.45, 7) is 5.11. The topological polar surface area (TPSA) is 50.7 Å². The van der Waals surface area contributed by atoms with Crippen LogP contribution in [0, 0.1) is 0 Å². The van der Waals surface area contributed by atoms with Crippen molar-refractivity contribution in [2.75, 3.05) is 20.8 Å². The van der Waals surface area contributed by atoms with E-state index in [1.165, 1.54) is 7.11 Å². The Bertz CT molecular complexity index is 407. The summed E-state index contributed by atoms with van der Waals surface area (Å²) in [5.74, 6) is 0.492. The van der Waals surface area contributed by atoms with Crippen LogP contribution in [0.4, 0.5) is 0 Å². The molecular formula is C13H20ClNO3. The molecule has 5 heteroatoms. The van der Waals surface area contributed by atoms with Crippen molar-refractivity contribution in [3.05, 3.63) is 22.7 Å². The molecule has 0 unspecified atom stereocenters. The van der Waals surface area contributed by atoms with E-state index in [2.05, 4.69) is 5.32 Å². The quantitative estimate of drug-likeness (QED) is 0.836. The maximum Gasteiger partial charge on any atom is 0.162 e. The number of rotatable bonds is 6. The predicted molar refractivity (Wildman–Crippen MR) is 72.5 cm³/mol. The van der Waals surface area contributed by atoms with Crippen LogP contribution in [0.3, 0.4) is 0 Å². The zero-order valence-electron chi connectivity index (χ0n) is 11.2. The van der Waals surface area contributed by atoms with Crippen molar-refractivity contribution in [3.8, 4) is 11.5 Å². The third-order valence-electron chi connectivity index (χ3n) is 2.60. The first kappa shape index (κ1) is 15.1. The summed E-state index contributed by atoms with van der Waals surface area (Å²) in [6.07, 6.45) is 0. The summed E-state index contributed by atoms with van der Waals surface area (Å²) in [5, 5.41) is 13.8. The number of methoxy groups -OCH3 is 2. The molecule has 102 valence electrons. The zero-order chi connectivity index (χ0) is 13.8. The molecule has 0 amide bonds. The minimum Gasteiger partial charge on any atom is -0.504 e. The Labute approximate surface area is 113 Å². The van der Waals surface area contributed by atoms with Gasteiger partial charge >= 0.3 is 0 Å². The van der Waals surface area contributed by atoms with Crippen molar-refractivity contribution in [2.24, 2.45) is 0 Å². The molecular weight excluding hydrogens is 254 g/mol. The van der Waals surface area contributed by atoms with Gasteiger partial charge in [0.2, 0.25) is 0 Å². The van der Waals surface area contributed by atoms with Gasteiger partial charge in [-0.1, -0.05) is 11.6 Å². The number of hydrogen-bond donors (Lipinski definition) is 2. The number of hydrogen-bond acceptors (Lipinski definition) is 4. The molecule has 0 aliphatic heterocycles. The van der Waals surface area contributed by atoms with E-state index >= 15 is 0 Å². The van der Waals surface area contributed by atoms with Crippen LogP contribution in [0.1, 0.15) is 19.4 Å². The minimum absolute atomic E-state index is 0.114. The van der Waals surface area contributed by atoms with E-state index in [1.54, 1.807) is 19.2 Å². The predicted octanol–water partition coefficient (Wildman–Crippen LogP) is 2.57. The molecule has 18 heavy (non-hydrogen) atoms. The van der Waals surface area contributed by atoms with Gasteiger partial charge < -0.3 is 19.9 Å². The lowest BCUT2D eigenvalue weighted by Crippen LogP contribution is -2.42. The largest absolute Gasteiger partial charge is 0.504 e. The van der Waals surface area contributed by atoms with Crippen molar-refractivity contribution in [2.45, 2.75) is 25.9 Å². The number of nitrogens with one attached hydrogen (secondary N) is 1. The molecule has 0 fully saturated rings. The van der Waals surface area contributed by atoms with Gasteiger partial charge in [-0.15, -0.1) is 0 Å². The van der Waals surface area contributed by atoms with Gasteiger partial charge in [0.15, 0.2) is 11.5 Å². The molecule has 1 aromatic rings. The fraction of sp³-hybridized carbons (Fsp3) is 0.538. The van der Waals surface area contributed by atoms with Gasteiger partial charge in [-0.05, 0) is 19.9 Å². The summed E-state index contributed by atoms with van der Waals surface area (Å²) in [6, 6.07) is 3.30. The minimum atomic E-state index is -0.184. The average Bonchev–Trinajstić information content (AvgIpc) is 2.29. The van der Waals surface area contributed by atoms with Crippen LogP contribution in [-0.2, 0) is 11.3 Å². The number of halogens is 1. The molecule has 1 aromatic carbocycles. The summed E-state index contributed by atoms with van der Waals surface area (Å²) in [7, 11) is 3.15. The van der Waals surface area contributed by atoms with Gasteiger partial charge in [0.1, 0.15) is 0 Å².